The number of carbonyl (C=O) groups is 2. The van der Waals surface area contributed by atoms with Crippen molar-refractivity contribution in [2.24, 2.45) is 5.92 Å². The number of hydrogen-bond acceptors (Lipinski definition) is 6. The number of benzene rings is 2. The van der Waals surface area contributed by atoms with Crippen LogP contribution < -0.4 is 0 Å². The number of likely N-dealkylation sites (tertiary alicyclic amines) is 1. The van der Waals surface area contributed by atoms with Gasteiger partial charge in [-0.05, 0) is 122 Å². The van der Waals surface area contributed by atoms with Crippen molar-refractivity contribution in [3.05, 3.63) is 71.4 Å². The molecule has 3 aliphatic heterocycles. The molecule has 2 aromatic carbocycles. The van der Waals surface area contributed by atoms with E-state index in [4.69, 9.17) is 14.5 Å². The maximum Gasteiger partial charge on any atom is 0.411 e. The molecule has 4 fully saturated rings. The molecular formula is C39H46N6O4. The minimum atomic E-state index is -0.551. The third-order valence-electron chi connectivity index (χ3n) is 9.60. The summed E-state index contributed by atoms with van der Waals surface area (Å²) in [5, 5.41) is 0. The van der Waals surface area contributed by atoms with Crippen molar-refractivity contribution < 1.29 is 19.1 Å². The minimum absolute atomic E-state index is 0.115. The lowest BCUT2D eigenvalue weighted by atomic mass is 9.74. The zero-order chi connectivity index (χ0) is 34.5. The van der Waals surface area contributed by atoms with Crippen LogP contribution in [0.3, 0.4) is 0 Å². The molecule has 1 saturated carbocycles. The number of fused-ring (bicyclic) bond motifs is 4. The molecule has 0 spiro atoms. The lowest BCUT2D eigenvalue weighted by Crippen LogP contribution is -2.54. The van der Waals surface area contributed by atoms with Crippen LogP contribution in [0.25, 0.3) is 22.3 Å². The number of ether oxygens (including phenoxy) is 2. The number of aromatic amines is 2. The van der Waals surface area contributed by atoms with Gasteiger partial charge in [-0.2, -0.15) is 0 Å². The molecule has 1 aliphatic carbocycles. The Bertz CT molecular complexity index is 1910. The van der Waals surface area contributed by atoms with Gasteiger partial charge in [-0.1, -0.05) is 24.0 Å². The molecule has 5 heterocycles. The second kappa shape index (κ2) is 12.6. The number of amides is 2. The van der Waals surface area contributed by atoms with Crippen molar-refractivity contribution in [2.45, 2.75) is 109 Å². The van der Waals surface area contributed by atoms with Crippen molar-refractivity contribution in [2.75, 3.05) is 6.54 Å². The van der Waals surface area contributed by atoms with Gasteiger partial charge in [0.05, 0.1) is 35.0 Å². The molecule has 10 heteroatoms. The van der Waals surface area contributed by atoms with E-state index in [1.165, 1.54) is 0 Å². The second-order valence-electron chi connectivity index (χ2n) is 15.6. The Hall–Kier alpha value is -4.78. The predicted molar refractivity (Wildman–Crippen MR) is 188 cm³/mol. The van der Waals surface area contributed by atoms with Gasteiger partial charge in [0, 0.05) is 23.7 Å². The first kappa shape index (κ1) is 32.8. The fraction of sp³-hybridized carbons (Fsp3) is 0.487. The van der Waals surface area contributed by atoms with Crippen molar-refractivity contribution in [1.29, 1.82) is 0 Å². The largest absolute Gasteiger partial charge is 0.444 e. The SMILES string of the molecule is CC(C)(C)OC(=O)N1CCC[C@H]1c1ncc(-c2ccc(C#Cc3ccc4nc([C@@H]5C6CCC(CC6)N5C(=O)OC(C)(C)C)[nH]c4c3)cc2)[nH]1. The van der Waals surface area contributed by atoms with Crippen LogP contribution in [-0.2, 0) is 9.47 Å². The van der Waals surface area contributed by atoms with Crippen LogP contribution in [0.15, 0.2) is 48.7 Å². The zero-order valence-electron chi connectivity index (χ0n) is 29.3. The third kappa shape index (κ3) is 7.03. The molecule has 2 bridgehead atoms. The van der Waals surface area contributed by atoms with Crippen LogP contribution in [0.2, 0.25) is 0 Å². The van der Waals surface area contributed by atoms with Crippen molar-refractivity contribution in [1.82, 2.24) is 29.7 Å². The molecule has 256 valence electrons. The van der Waals surface area contributed by atoms with Crippen LogP contribution in [0.5, 0.6) is 0 Å². The van der Waals surface area contributed by atoms with Crippen LogP contribution in [-0.4, -0.2) is 65.7 Å². The number of hydrogen-bond donors (Lipinski definition) is 2. The van der Waals surface area contributed by atoms with Gasteiger partial charge in [-0.15, -0.1) is 0 Å². The molecule has 2 aromatic heterocycles. The third-order valence-corrected chi connectivity index (χ3v) is 9.60. The number of imidazole rings is 2. The molecule has 10 nitrogen and oxygen atoms in total. The lowest BCUT2D eigenvalue weighted by molar-refractivity contribution is -0.0439. The van der Waals surface area contributed by atoms with E-state index in [9.17, 15) is 9.59 Å². The van der Waals surface area contributed by atoms with Gasteiger partial charge in [0.2, 0.25) is 0 Å². The average Bonchev–Trinajstić information content (AvgIpc) is 3.82. The highest BCUT2D eigenvalue weighted by atomic mass is 16.6. The van der Waals surface area contributed by atoms with Gasteiger partial charge in [0.25, 0.3) is 0 Å². The van der Waals surface area contributed by atoms with E-state index >= 15 is 0 Å². The monoisotopic (exact) mass is 662 g/mol. The average molecular weight is 663 g/mol. The molecule has 4 aromatic rings. The van der Waals surface area contributed by atoms with E-state index in [0.717, 1.165) is 83.6 Å². The van der Waals surface area contributed by atoms with Crippen LogP contribution in [0.4, 0.5) is 9.59 Å². The van der Waals surface area contributed by atoms with Crippen molar-refractivity contribution in [3.63, 3.8) is 0 Å². The lowest BCUT2D eigenvalue weighted by Gasteiger charge is -2.50. The summed E-state index contributed by atoms with van der Waals surface area (Å²) < 4.78 is 11.5. The van der Waals surface area contributed by atoms with Crippen molar-refractivity contribution >= 4 is 23.2 Å². The summed E-state index contributed by atoms with van der Waals surface area (Å²) in [6, 6.07) is 14.0. The van der Waals surface area contributed by atoms with Gasteiger partial charge < -0.3 is 19.4 Å². The molecular weight excluding hydrogens is 616 g/mol. The van der Waals surface area contributed by atoms with Gasteiger partial charge in [0.1, 0.15) is 22.9 Å². The zero-order valence-corrected chi connectivity index (χ0v) is 29.3. The van der Waals surface area contributed by atoms with Gasteiger partial charge in [-0.25, -0.2) is 19.6 Å². The summed E-state index contributed by atoms with van der Waals surface area (Å²) in [5.74, 6) is 8.55. The summed E-state index contributed by atoms with van der Waals surface area (Å²) in [7, 11) is 0. The minimum Gasteiger partial charge on any atom is -0.444 e. The normalized spacial score (nSPS) is 22.2. The van der Waals surface area contributed by atoms with Crippen LogP contribution in [0.1, 0.15) is 115 Å². The summed E-state index contributed by atoms with van der Waals surface area (Å²) in [6.07, 6.45) is 7.24. The van der Waals surface area contributed by atoms with Gasteiger partial charge >= 0.3 is 12.2 Å². The number of carbonyl (C=O) groups excluding carboxylic acids is 2. The maximum absolute atomic E-state index is 13.3. The molecule has 2 amide bonds. The Morgan fingerprint density at radius 2 is 1.49 bits per heavy atom. The number of piperidine rings is 2. The smallest absolute Gasteiger partial charge is 0.411 e. The summed E-state index contributed by atoms with van der Waals surface area (Å²) in [4.78, 5) is 46.4. The highest BCUT2D eigenvalue weighted by Crippen LogP contribution is 2.47. The highest BCUT2D eigenvalue weighted by molar-refractivity contribution is 5.78. The Kier molecular flexibility index (Phi) is 8.42. The fourth-order valence-electron chi connectivity index (χ4n) is 7.45. The van der Waals surface area contributed by atoms with E-state index in [2.05, 4.69) is 26.8 Å². The molecule has 49 heavy (non-hydrogen) atoms. The molecule has 4 aliphatic rings. The quantitative estimate of drug-likeness (QED) is 0.213. The van der Waals surface area contributed by atoms with Crippen molar-refractivity contribution in [3.8, 4) is 23.1 Å². The second-order valence-corrected chi connectivity index (χ2v) is 15.6. The fourth-order valence-corrected chi connectivity index (χ4v) is 7.45. The summed E-state index contributed by atoms with van der Waals surface area (Å²) in [6.45, 7) is 12.0. The summed E-state index contributed by atoms with van der Waals surface area (Å²) in [5.41, 5.74) is 4.34. The molecule has 8 rings (SSSR count). The predicted octanol–water partition coefficient (Wildman–Crippen LogP) is 8.28. The standard InChI is InChI=1S/C39H46N6O4/c1-38(2,3)48-36(46)44-21-7-8-32(44)34-40-23-31(43-34)26-14-11-24(12-15-26)9-10-25-13-20-29-30(22-25)42-35(41-29)33-27-16-18-28(19-17-27)45(33)37(47)49-39(4,5)6/h11-15,20,22-23,27-28,32-33H,7-8,16-19,21H2,1-6H3,(H,40,43)(H,41,42)/t27?,28?,32-,33-/m0/s1. The maximum atomic E-state index is 13.3. The molecule has 2 N–H and O–H groups in total. The molecule has 3 saturated heterocycles. The van der Waals surface area contributed by atoms with E-state index in [1.807, 2.05) is 95.1 Å². The first-order valence-electron chi connectivity index (χ1n) is 17.5. The topological polar surface area (TPSA) is 116 Å². The Morgan fingerprint density at radius 1 is 0.816 bits per heavy atom. The Balaban J connectivity index is 1.05. The number of nitrogens with zero attached hydrogens (tertiary/aromatic N) is 4. The van der Waals surface area contributed by atoms with E-state index in [1.54, 1.807) is 4.90 Å². The van der Waals surface area contributed by atoms with Crippen LogP contribution in [0, 0.1) is 17.8 Å². The first-order valence-corrected chi connectivity index (χ1v) is 17.5. The number of rotatable bonds is 3. The van der Waals surface area contributed by atoms with E-state index in [0.29, 0.717) is 12.5 Å². The van der Waals surface area contributed by atoms with Gasteiger partial charge in [-0.3, -0.25) is 9.80 Å². The van der Waals surface area contributed by atoms with E-state index < -0.39 is 11.2 Å². The number of H-pyrrole nitrogens is 2. The highest BCUT2D eigenvalue weighted by Gasteiger charge is 2.47. The van der Waals surface area contributed by atoms with Gasteiger partial charge in [0.15, 0.2) is 0 Å². The molecule has 0 radical (unpaired) electrons. The molecule has 0 unspecified atom stereocenters. The van der Waals surface area contributed by atoms with E-state index in [-0.39, 0.29) is 30.3 Å². The first-order chi connectivity index (χ1) is 23.3. The number of nitrogens with one attached hydrogen (secondary N) is 2. The Morgan fingerprint density at radius 3 is 2.20 bits per heavy atom. The molecule has 2 atom stereocenters. The number of aromatic nitrogens is 4. The Labute approximate surface area is 288 Å². The van der Waals surface area contributed by atoms with Crippen LogP contribution >= 0.6 is 0 Å². The summed E-state index contributed by atoms with van der Waals surface area (Å²) >= 11 is 0.